The molecule has 2 aromatic rings. The van der Waals surface area contributed by atoms with E-state index in [0.717, 1.165) is 22.6 Å². The molecule has 2 aromatic carbocycles. The topological polar surface area (TPSA) is 49.4 Å². The Morgan fingerprint density at radius 3 is 2.40 bits per heavy atom. The summed E-state index contributed by atoms with van der Waals surface area (Å²) in [4.78, 5) is 25.6. The van der Waals surface area contributed by atoms with E-state index in [1.165, 1.54) is 6.07 Å². The molecule has 2 amide bonds. The molecule has 6 heteroatoms. The molecule has 4 nitrogen and oxygen atoms in total. The predicted octanol–water partition coefficient (Wildman–Crippen LogP) is 3.20. The number of hydrogen-bond acceptors (Lipinski definition) is 2. The average Bonchev–Trinajstić information content (AvgIpc) is 2.97. The van der Waals surface area contributed by atoms with Gasteiger partial charge in [0, 0.05) is 13.0 Å². The van der Waals surface area contributed by atoms with Gasteiger partial charge < -0.3 is 10.2 Å². The summed E-state index contributed by atoms with van der Waals surface area (Å²) in [5.74, 6) is -3.03. The molecule has 1 saturated heterocycles. The summed E-state index contributed by atoms with van der Waals surface area (Å²) < 4.78 is 27.8. The van der Waals surface area contributed by atoms with Crippen LogP contribution in [0, 0.1) is 17.6 Å². The predicted molar refractivity (Wildman–Crippen MR) is 89.8 cm³/mol. The summed E-state index contributed by atoms with van der Waals surface area (Å²) >= 11 is 0. The lowest BCUT2D eigenvalue weighted by molar-refractivity contribution is -0.126. The molecule has 0 bridgehead atoms. The van der Waals surface area contributed by atoms with Gasteiger partial charge in [0.05, 0.1) is 12.0 Å². The van der Waals surface area contributed by atoms with Crippen LogP contribution in [0.3, 0.4) is 0 Å². The van der Waals surface area contributed by atoms with Crippen LogP contribution in [0.25, 0.3) is 0 Å². The smallest absolute Gasteiger partial charge is 0.228 e. The third-order valence-corrected chi connectivity index (χ3v) is 4.36. The maximum atomic E-state index is 13.9. The monoisotopic (exact) mass is 344 g/mol. The third kappa shape index (κ3) is 3.52. The highest BCUT2D eigenvalue weighted by atomic mass is 19.1. The summed E-state index contributed by atoms with van der Waals surface area (Å²) in [6, 6.07) is 12.6. The minimum absolute atomic E-state index is 0.0377. The van der Waals surface area contributed by atoms with E-state index in [-0.39, 0.29) is 30.6 Å². The van der Waals surface area contributed by atoms with Crippen LogP contribution in [0.2, 0.25) is 0 Å². The number of hydrogen-bond donors (Lipinski definition) is 1. The van der Waals surface area contributed by atoms with Crippen LogP contribution in [0.5, 0.6) is 0 Å². The lowest BCUT2D eigenvalue weighted by Gasteiger charge is -2.19. The molecule has 1 aliphatic heterocycles. The van der Waals surface area contributed by atoms with E-state index in [1.54, 1.807) is 0 Å². The molecule has 1 aliphatic rings. The second-order valence-corrected chi connectivity index (χ2v) is 6.12. The number of nitrogens with zero attached hydrogens (tertiary/aromatic N) is 1. The molecule has 1 heterocycles. The number of amides is 2. The van der Waals surface area contributed by atoms with Crippen LogP contribution < -0.4 is 10.2 Å². The quantitative estimate of drug-likeness (QED) is 0.926. The van der Waals surface area contributed by atoms with Gasteiger partial charge in [-0.2, -0.15) is 0 Å². The largest absolute Gasteiger partial charge is 0.349 e. The summed E-state index contributed by atoms with van der Waals surface area (Å²) in [7, 11) is 0. The zero-order valence-corrected chi connectivity index (χ0v) is 13.7. The number of nitrogens with one attached hydrogen (secondary N) is 1. The van der Waals surface area contributed by atoms with Gasteiger partial charge in [0.1, 0.15) is 17.3 Å². The Morgan fingerprint density at radius 1 is 1.12 bits per heavy atom. The Morgan fingerprint density at radius 2 is 1.76 bits per heavy atom. The number of halogens is 2. The zero-order valence-electron chi connectivity index (χ0n) is 13.7. The Labute approximate surface area is 144 Å². The normalized spacial score (nSPS) is 18.3. The molecule has 0 aliphatic carbocycles. The molecule has 0 aromatic heterocycles. The average molecular weight is 344 g/mol. The highest BCUT2D eigenvalue weighted by Gasteiger charge is 2.37. The van der Waals surface area contributed by atoms with Gasteiger partial charge in [-0.3, -0.25) is 9.59 Å². The van der Waals surface area contributed by atoms with Crippen molar-refractivity contribution in [2.24, 2.45) is 5.92 Å². The van der Waals surface area contributed by atoms with Gasteiger partial charge in [-0.15, -0.1) is 0 Å². The van der Waals surface area contributed by atoms with Crippen molar-refractivity contribution in [3.05, 3.63) is 65.7 Å². The fourth-order valence-electron chi connectivity index (χ4n) is 3.00. The molecule has 25 heavy (non-hydrogen) atoms. The number of carbonyl (C=O) groups is 2. The molecule has 1 N–H and O–H groups in total. The molecule has 2 unspecified atom stereocenters. The van der Waals surface area contributed by atoms with Gasteiger partial charge in [0.25, 0.3) is 0 Å². The number of carbonyl (C=O) groups excluding carboxylic acids is 2. The van der Waals surface area contributed by atoms with Crippen molar-refractivity contribution >= 4 is 17.5 Å². The van der Waals surface area contributed by atoms with Crippen LogP contribution >= 0.6 is 0 Å². The van der Waals surface area contributed by atoms with Crippen molar-refractivity contribution in [1.82, 2.24) is 5.32 Å². The van der Waals surface area contributed by atoms with Gasteiger partial charge in [-0.25, -0.2) is 8.78 Å². The number of rotatable bonds is 4. The fourth-order valence-corrected chi connectivity index (χ4v) is 3.00. The van der Waals surface area contributed by atoms with Crippen LogP contribution in [0.4, 0.5) is 14.5 Å². The molecular weight excluding hydrogens is 326 g/mol. The van der Waals surface area contributed by atoms with Crippen LogP contribution in [0.1, 0.15) is 24.9 Å². The van der Waals surface area contributed by atoms with E-state index in [0.29, 0.717) is 0 Å². The molecule has 130 valence electrons. The SMILES string of the molecule is CC(NC(=O)C1CC(=O)N(c2c(F)cccc2F)C1)c1ccccc1. The lowest BCUT2D eigenvalue weighted by Crippen LogP contribution is -2.34. The summed E-state index contributed by atoms with van der Waals surface area (Å²) in [5, 5.41) is 2.85. The lowest BCUT2D eigenvalue weighted by atomic mass is 10.1. The van der Waals surface area contributed by atoms with E-state index in [1.807, 2.05) is 37.3 Å². The summed E-state index contributed by atoms with van der Waals surface area (Å²) in [6.45, 7) is 1.81. The maximum absolute atomic E-state index is 13.9. The highest BCUT2D eigenvalue weighted by Crippen LogP contribution is 2.30. The first kappa shape index (κ1) is 17.1. The van der Waals surface area contributed by atoms with Crippen molar-refractivity contribution in [2.45, 2.75) is 19.4 Å². The summed E-state index contributed by atoms with van der Waals surface area (Å²) in [5.41, 5.74) is 0.552. The Kier molecular flexibility index (Phi) is 4.79. The Balaban J connectivity index is 1.71. The van der Waals surface area contributed by atoms with E-state index in [4.69, 9.17) is 0 Å². The fraction of sp³-hybridized carbons (Fsp3) is 0.263. The van der Waals surface area contributed by atoms with E-state index < -0.39 is 23.5 Å². The van der Waals surface area contributed by atoms with Gasteiger partial charge in [0.15, 0.2) is 0 Å². The Bertz CT molecular complexity index is 775. The second-order valence-electron chi connectivity index (χ2n) is 6.12. The van der Waals surface area contributed by atoms with Gasteiger partial charge in [0.2, 0.25) is 11.8 Å². The minimum Gasteiger partial charge on any atom is -0.349 e. The van der Waals surface area contributed by atoms with Crippen molar-refractivity contribution < 1.29 is 18.4 Å². The van der Waals surface area contributed by atoms with Crippen molar-refractivity contribution in [3.8, 4) is 0 Å². The van der Waals surface area contributed by atoms with Crippen molar-refractivity contribution in [2.75, 3.05) is 11.4 Å². The first-order valence-electron chi connectivity index (χ1n) is 8.07. The molecule has 0 radical (unpaired) electrons. The van der Waals surface area contributed by atoms with Crippen LogP contribution in [-0.2, 0) is 9.59 Å². The number of anilines is 1. The van der Waals surface area contributed by atoms with Crippen LogP contribution in [-0.4, -0.2) is 18.4 Å². The number of benzene rings is 2. The van der Waals surface area contributed by atoms with E-state index in [2.05, 4.69) is 5.32 Å². The molecule has 3 rings (SSSR count). The highest BCUT2D eigenvalue weighted by molar-refractivity contribution is 6.00. The minimum atomic E-state index is -0.813. The third-order valence-electron chi connectivity index (χ3n) is 4.36. The van der Waals surface area contributed by atoms with Gasteiger partial charge in [-0.05, 0) is 24.6 Å². The molecule has 2 atom stereocenters. The van der Waals surface area contributed by atoms with Gasteiger partial charge in [-0.1, -0.05) is 36.4 Å². The molecule has 1 fully saturated rings. The maximum Gasteiger partial charge on any atom is 0.228 e. The van der Waals surface area contributed by atoms with Crippen molar-refractivity contribution in [3.63, 3.8) is 0 Å². The first-order chi connectivity index (χ1) is 12.0. The van der Waals surface area contributed by atoms with E-state index >= 15 is 0 Å². The summed E-state index contributed by atoms with van der Waals surface area (Å²) in [6.07, 6.45) is -0.0683. The zero-order chi connectivity index (χ0) is 18.0. The second kappa shape index (κ2) is 7.01. The van der Waals surface area contributed by atoms with Gasteiger partial charge >= 0.3 is 0 Å². The van der Waals surface area contributed by atoms with Crippen molar-refractivity contribution in [1.29, 1.82) is 0 Å². The molecule has 0 saturated carbocycles. The Hall–Kier alpha value is -2.76. The number of para-hydroxylation sites is 1. The molecular formula is C19H18F2N2O2. The molecule has 0 spiro atoms. The van der Waals surface area contributed by atoms with E-state index in [9.17, 15) is 18.4 Å². The standard InChI is InChI=1S/C19H18F2N2O2/c1-12(13-6-3-2-4-7-13)22-19(25)14-10-17(24)23(11-14)18-15(20)8-5-9-16(18)21/h2-9,12,14H,10-11H2,1H3,(H,22,25). The van der Waals surface area contributed by atoms with Crippen LogP contribution in [0.15, 0.2) is 48.5 Å². The first-order valence-corrected chi connectivity index (χ1v) is 8.07.